The number of ether oxygens (including phenoxy) is 1. The molecule has 1 aliphatic rings. The maximum Gasteiger partial charge on any atom is 0.410 e. The predicted molar refractivity (Wildman–Crippen MR) is 82.8 cm³/mol. The molecule has 1 N–H and O–H groups in total. The van der Waals surface area contributed by atoms with Crippen LogP contribution in [0.5, 0.6) is 0 Å². The van der Waals surface area contributed by atoms with E-state index in [2.05, 4.69) is 0 Å². The second-order valence-electron chi connectivity index (χ2n) is 7.04. The van der Waals surface area contributed by atoms with Gasteiger partial charge in [-0.2, -0.15) is 0 Å². The van der Waals surface area contributed by atoms with E-state index in [1.54, 1.807) is 27.8 Å². The van der Waals surface area contributed by atoms with Gasteiger partial charge in [0.05, 0.1) is 5.41 Å². The first-order chi connectivity index (χ1) is 10.1. The third-order valence-electron chi connectivity index (χ3n) is 3.87. The maximum absolute atomic E-state index is 12.1. The molecule has 1 aliphatic carbocycles. The quantitative estimate of drug-likeness (QED) is 0.932. The number of carboxylic acids is 1. The number of fused-ring (bicyclic) bond motifs is 1. The van der Waals surface area contributed by atoms with Crippen LogP contribution in [0.15, 0.2) is 24.3 Å². The van der Waals surface area contributed by atoms with Gasteiger partial charge >= 0.3 is 12.1 Å². The lowest BCUT2D eigenvalue weighted by atomic mass is 9.84. The van der Waals surface area contributed by atoms with E-state index in [0.717, 1.165) is 11.1 Å². The molecule has 0 atom stereocenters. The lowest BCUT2D eigenvalue weighted by molar-refractivity contribution is -0.149. The highest BCUT2D eigenvalue weighted by Gasteiger charge is 2.45. The summed E-state index contributed by atoms with van der Waals surface area (Å²) in [7, 11) is 1.59. The SMILES string of the molecule is CN(CC1(C(=O)O)Cc2ccccc2C1)C(=O)OC(C)(C)C. The minimum atomic E-state index is -0.977. The number of amides is 1. The van der Waals surface area contributed by atoms with Crippen LogP contribution in [0.25, 0.3) is 0 Å². The molecule has 1 aromatic rings. The molecule has 0 bridgehead atoms. The second-order valence-corrected chi connectivity index (χ2v) is 7.04. The molecule has 1 aromatic carbocycles. The van der Waals surface area contributed by atoms with Crippen molar-refractivity contribution in [1.82, 2.24) is 4.90 Å². The topological polar surface area (TPSA) is 66.8 Å². The number of nitrogens with zero attached hydrogens (tertiary/aromatic N) is 1. The molecule has 0 aromatic heterocycles. The number of carbonyl (C=O) groups is 2. The van der Waals surface area contributed by atoms with Gasteiger partial charge in [-0.25, -0.2) is 4.79 Å². The van der Waals surface area contributed by atoms with Gasteiger partial charge in [0.15, 0.2) is 0 Å². The zero-order valence-corrected chi connectivity index (χ0v) is 13.5. The maximum atomic E-state index is 12.1. The van der Waals surface area contributed by atoms with Crippen molar-refractivity contribution in [3.8, 4) is 0 Å². The van der Waals surface area contributed by atoms with Crippen LogP contribution >= 0.6 is 0 Å². The number of benzene rings is 1. The van der Waals surface area contributed by atoms with E-state index in [-0.39, 0.29) is 6.54 Å². The van der Waals surface area contributed by atoms with E-state index in [0.29, 0.717) is 12.8 Å². The molecule has 2 rings (SSSR count). The van der Waals surface area contributed by atoms with Crippen molar-refractivity contribution in [3.05, 3.63) is 35.4 Å². The highest BCUT2D eigenvalue weighted by atomic mass is 16.6. The Morgan fingerprint density at radius 2 is 1.73 bits per heavy atom. The van der Waals surface area contributed by atoms with Gasteiger partial charge in [-0.05, 0) is 44.7 Å². The van der Waals surface area contributed by atoms with Crippen molar-refractivity contribution in [2.75, 3.05) is 13.6 Å². The van der Waals surface area contributed by atoms with Crippen molar-refractivity contribution in [2.24, 2.45) is 5.41 Å². The average Bonchev–Trinajstić information content (AvgIpc) is 2.75. The van der Waals surface area contributed by atoms with E-state index >= 15 is 0 Å². The van der Waals surface area contributed by atoms with Crippen LogP contribution in [0.1, 0.15) is 31.9 Å². The van der Waals surface area contributed by atoms with Gasteiger partial charge in [-0.1, -0.05) is 24.3 Å². The van der Waals surface area contributed by atoms with Gasteiger partial charge in [0.2, 0.25) is 0 Å². The fraction of sp³-hybridized carbons (Fsp3) is 0.529. The van der Waals surface area contributed by atoms with E-state index in [9.17, 15) is 14.7 Å². The summed E-state index contributed by atoms with van der Waals surface area (Å²) >= 11 is 0. The minimum Gasteiger partial charge on any atom is -0.481 e. The molecule has 0 heterocycles. The van der Waals surface area contributed by atoms with Crippen molar-refractivity contribution in [3.63, 3.8) is 0 Å². The second kappa shape index (κ2) is 5.63. The molecule has 120 valence electrons. The molecule has 0 aliphatic heterocycles. The summed E-state index contributed by atoms with van der Waals surface area (Å²) in [5.41, 5.74) is 0.514. The zero-order chi connectivity index (χ0) is 16.5. The summed E-state index contributed by atoms with van der Waals surface area (Å²) in [5, 5.41) is 9.72. The Kier molecular flexibility index (Phi) is 4.18. The molecule has 0 fully saturated rings. The van der Waals surface area contributed by atoms with Gasteiger partial charge in [0.1, 0.15) is 5.60 Å². The Labute approximate surface area is 130 Å². The Morgan fingerprint density at radius 1 is 1.23 bits per heavy atom. The highest BCUT2D eigenvalue weighted by molar-refractivity contribution is 5.78. The van der Waals surface area contributed by atoms with Crippen LogP contribution in [0.2, 0.25) is 0 Å². The molecule has 0 spiro atoms. The third-order valence-corrected chi connectivity index (χ3v) is 3.87. The summed E-state index contributed by atoms with van der Waals surface area (Å²) in [5.74, 6) is -0.876. The van der Waals surface area contributed by atoms with E-state index in [1.165, 1.54) is 4.90 Å². The molecule has 1 amide bonds. The largest absolute Gasteiger partial charge is 0.481 e. The number of carboxylic acid groups (broad SMARTS) is 1. The molecule has 22 heavy (non-hydrogen) atoms. The van der Waals surface area contributed by atoms with Crippen LogP contribution in [0.3, 0.4) is 0 Å². The third kappa shape index (κ3) is 3.40. The molecular formula is C17H23NO4. The van der Waals surface area contributed by atoms with Crippen LogP contribution in [-0.4, -0.2) is 41.3 Å². The van der Waals surface area contributed by atoms with Gasteiger partial charge in [-0.3, -0.25) is 4.79 Å². The minimum absolute atomic E-state index is 0.131. The number of rotatable bonds is 3. The Morgan fingerprint density at radius 3 is 2.14 bits per heavy atom. The Balaban J connectivity index is 2.15. The van der Waals surface area contributed by atoms with Crippen LogP contribution < -0.4 is 0 Å². The first-order valence-electron chi connectivity index (χ1n) is 7.37. The van der Waals surface area contributed by atoms with Crippen LogP contribution in [0, 0.1) is 5.41 Å². The van der Waals surface area contributed by atoms with Crippen molar-refractivity contribution in [1.29, 1.82) is 0 Å². The highest BCUT2D eigenvalue weighted by Crippen LogP contribution is 2.38. The summed E-state index contributed by atoms with van der Waals surface area (Å²) in [6.07, 6.45) is 0.376. The predicted octanol–water partition coefficient (Wildman–Crippen LogP) is 2.72. The van der Waals surface area contributed by atoms with Gasteiger partial charge < -0.3 is 14.7 Å². The summed E-state index contributed by atoms with van der Waals surface area (Å²) in [6, 6.07) is 7.73. The summed E-state index contributed by atoms with van der Waals surface area (Å²) in [6.45, 7) is 5.50. The molecule has 0 saturated carbocycles. The molecule has 5 heteroatoms. The molecule has 0 unspecified atom stereocenters. The molecule has 5 nitrogen and oxygen atoms in total. The van der Waals surface area contributed by atoms with Gasteiger partial charge in [0, 0.05) is 13.6 Å². The van der Waals surface area contributed by atoms with Gasteiger partial charge in [0.25, 0.3) is 0 Å². The number of aliphatic carboxylic acids is 1. The van der Waals surface area contributed by atoms with Crippen molar-refractivity contribution >= 4 is 12.1 Å². The number of hydrogen-bond acceptors (Lipinski definition) is 3. The van der Waals surface area contributed by atoms with Crippen molar-refractivity contribution in [2.45, 2.75) is 39.2 Å². The van der Waals surface area contributed by atoms with E-state index in [4.69, 9.17) is 4.74 Å². The fourth-order valence-electron chi connectivity index (χ4n) is 2.88. The monoisotopic (exact) mass is 305 g/mol. The molecule has 0 saturated heterocycles. The molecular weight excluding hydrogens is 282 g/mol. The Bertz CT molecular complexity index is 564. The van der Waals surface area contributed by atoms with Gasteiger partial charge in [-0.15, -0.1) is 0 Å². The fourth-order valence-corrected chi connectivity index (χ4v) is 2.88. The summed E-state index contributed by atoms with van der Waals surface area (Å²) < 4.78 is 5.31. The van der Waals surface area contributed by atoms with E-state index < -0.39 is 23.1 Å². The Hall–Kier alpha value is -2.04. The number of hydrogen-bond donors (Lipinski definition) is 1. The lowest BCUT2D eigenvalue weighted by Gasteiger charge is -2.31. The summed E-state index contributed by atoms with van der Waals surface area (Å²) in [4.78, 5) is 25.3. The first-order valence-corrected chi connectivity index (χ1v) is 7.37. The number of carbonyl (C=O) groups excluding carboxylic acids is 1. The zero-order valence-electron chi connectivity index (χ0n) is 13.5. The normalized spacial score (nSPS) is 16.0. The lowest BCUT2D eigenvalue weighted by Crippen LogP contribution is -2.46. The smallest absolute Gasteiger partial charge is 0.410 e. The standard InChI is InChI=1S/C17H23NO4/c1-16(2,3)22-15(21)18(4)11-17(14(19)20)9-12-7-5-6-8-13(12)10-17/h5-8H,9-11H2,1-4H3,(H,19,20). The van der Waals surface area contributed by atoms with E-state index in [1.807, 2.05) is 24.3 Å². The van der Waals surface area contributed by atoms with Crippen LogP contribution in [0.4, 0.5) is 4.79 Å². The molecule has 0 radical (unpaired) electrons. The average molecular weight is 305 g/mol. The van der Waals surface area contributed by atoms with Crippen LogP contribution in [-0.2, 0) is 22.4 Å². The van der Waals surface area contributed by atoms with Crippen molar-refractivity contribution < 1.29 is 19.4 Å². The first kappa shape index (κ1) is 16.3.